The molecule has 5 nitrogen and oxygen atoms in total. The van der Waals surface area contributed by atoms with Crippen molar-refractivity contribution >= 4 is 56.6 Å². The van der Waals surface area contributed by atoms with Gasteiger partial charge in [-0.2, -0.15) is 0 Å². The molecule has 140 valence electrons. The predicted molar refractivity (Wildman–Crippen MR) is 109 cm³/mol. The third-order valence-corrected chi connectivity index (χ3v) is 6.00. The lowest BCUT2D eigenvalue weighted by Gasteiger charge is -2.23. The molecule has 2 aromatic carbocycles. The standard InChI is InChI=1S/C17H18Cl2N2O3S2/c1-26(23,24)21(16-11-13(18)7-8-15(16)19)12-17(22)20-9-10-25-14-5-3-2-4-6-14/h2-8,11H,9-10,12H2,1H3,(H,20,22). The number of rotatable bonds is 8. The summed E-state index contributed by atoms with van der Waals surface area (Å²) in [6.07, 6.45) is 1.02. The summed E-state index contributed by atoms with van der Waals surface area (Å²) in [4.78, 5) is 13.3. The van der Waals surface area contributed by atoms with Crippen molar-refractivity contribution < 1.29 is 13.2 Å². The van der Waals surface area contributed by atoms with Crippen LogP contribution in [0.5, 0.6) is 0 Å². The molecule has 2 rings (SSSR count). The van der Waals surface area contributed by atoms with Gasteiger partial charge in [0.2, 0.25) is 15.9 Å². The van der Waals surface area contributed by atoms with Crippen LogP contribution in [0.4, 0.5) is 5.69 Å². The fourth-order valence-electron chi connectivity index (χ4n) is 2.12. The maximum atomic E-state index is 12.2. The number of sulfonamides is 1. The summed E-state index contributed by atoms with van der Waals surface area (Å²) in [6.45, 7) is 0.0498. The van der Waals surface area contributed by atoms with Crippen molar-refractivity contribution in [1.29, 1.82) is 0 Å². The first-order valence-electron chi connectivity index (χ1n) is 7.64. The Hall–Kier alpha value is -1.41. The zero-order chi connectivity index (χ0) is 19.2. The van der Waals surface area contributed by atoms with E-state index in [1.807, 2.05) is 30.3 Å². The minimum absolute atomic E-state index is 0.176. The molecule has 0 aliphatic carbocycles. The lowest BCUT2D eigenvalue weighted by atomic mass is 10.3. The van der Waals surface area contributed by atoms with Gasteiger partial charge in [0.1, 0.15) is 6.54 Å². The van der Waals surface area contributed by atoms with Crippen molar-refractivity contribution in [2.24, 2.45) is 0 Å². The number of benzene rings is 2. The smallest absolute Gasteiger partial charge is 0.240 e. The lowest BCUT2D eigenvalue weighted by molar-refractivity contribution is -0.119. The fourth-order valence-corrected chi connectivity index (χ4v) is 4.21. The highest BCUT2D eigenvalue weighted by Gasteiger charge is 2.23. The average Bonchev–Trinajstić information content (AvgIpc) is 2.59. The number of nitrogens with one attached hydrogen (secondary N) is 1. The number of hydrogen-bond donors (Lipinski definition) is 1. The Labute approximate surface area is 167 Å². The highest BCUT2D eigenvalue weighted by Crippen LogP contribution is 2.30. The summed E-state index contributed by atoms with van der Waals surface area (Å²) >= 11 is 13.6. The van der Waals surface area contributed by atoms with Crippen LogP contribution in [-0.2, 0) is 14.8 Å². The quantitative estimate of drug-likeness (QED) is 0.510. The van der Waals surface area contributed by atoms with E-state index in [4.69, 9.17) is 23.2 Å². The van der Waals surface area contributed by atoms with Gasteiger partial charge in [-0.05, 0) is 30.3 Å². The molecule has 2 aromatic rings. The number of anilines is 1. The molecule has 0 saturated heterocycles. The Balaban J connectivity index is 1.96. The van der Waals surface area contributed by atoms with Crippen LogP contribution >= 0.6 is 35.0 Å². The molecule has 26 heavy (non-hydrogen) atoms. The van der Waals surface area contributed by atoms with Crippen molar-refractivity contribution in [2.45, 2.75) is 4.90 Å². The van der Waals surface area contributed by atoms with Gasteiger partial charge >= 0.3 is 0 Å². The summed E-state index contributed by atoms with van der Waals surface area (Å²) in [6, 6.07) is 14.3. The summed E-state index contributed by atoms with van der Waals surface area (Å²) in [5.74, 6) is 0.257. The molecule has 1 amide bonds. The first-order valence-corrected chi connectivity index (χ1v) is 11.2. The van der Waals surface area contributed by atoms with E-state index >= 15 is 0 Å². The van der Waals surface area contributed by atoms with E-state index in [1.54, 1.807) is 17.8 Å². The Bertz CT molecular complexity index is 862. The van der Waals surface area contributed by atoms with Gasteiger partial charge in [-0.25, -0.2) is 8.42 Å². The molecule has 0 aliphatic rings. The van der Waals surface area contributed by atoms with Gasteiger partial charge in [0.15, 0.2) is 0 Å². The number of carbonyl (C=O) groups excluding carboxylic acids is 1. The van der Waals surface area contributed by atoms with Crippen molar-refractivity contribution in [1.82, 2.24) is 5.32 Å². The first-order chi connectivity index (χ1) is 12.3. The van der Waals surface area contributed by atoms with Crippen molar-refractivity contribution in [3.8, 4) is 0 Å². The molecule has 1 N–H and O–H groups in total. The van der Waals surface area contributed by atoms with Gasteiger partial charge < -0.3 is 5.32 Å². The molecule has 0 bridgehead atoms. The van der Waals surface area contributed by atoms with Crippen molar-refractivity contribution in [2.75, 3.05) is 29.4 Å². The first kappa shape index (κ1) is 20.9. The zero-order valence-electron chi connectivity index (χ0n) is 14.0. The average molecular weight is 433 g/mol. The maximum absolute atomic E-state index is 12.2. The van der Waals surface area contributed by atoms with Crippen LogP contribution < -0.4 is 9.62 Å². The van der Waals surface area contributed by atoms with Crippen LogP contribution in [0.25, 0.3) is 0 Å². The van der Waals surface area contributed by atoms with Crippen LogP contribution in [0, 0.1) is 0 Å². The minimum Gasteiger partial charge on any atom is -0.354 e. The maximum Gasteiger partial charge on any atom is 0.240 e. The van der Waals surface area contributed by atoms with Gasteiger partial charge in [-0.1, -0.05) is 41.4 Å². The molecule has 0 heterocycles. The normalized spacial score (nSPS) is 11.2. The lowest BCUT2D eigenvalue weighted by Crippen LogP contribution is -2.41. The Morgan fingerprint density at radius 3 is 2.50 bits per heavy atom. The summed E-state index contributed by atoms with van der Waals surface area (Å²) in [7, 11) is -3.70. The van der Waals surface area contributed by atoms with E-state index in [0.717, 1.165) is 15.5 Å². The van der Waals surface area contributed by atoms with Crippen LogP contribution in [-0.4, -0.2) is 39.4 Å². The second-order valence-electron chi connectivity index (χ2n) is 5.38. The molecule has 0 spiro atoms. The van der Waals surface area contributed by atoms with Crippen LogP contribution in [0.3, 0.4) is 0 Å². The Kier molecular flexibility index (Phi) is 7.64. The number of carbonyl (C=O) groups is 1. The molecule has 0 fully saturated rings. The summed E-state index contributed by atoms with van der Waals surface area (Å²) < 4.78 is 25.1. The molecule has 0 atom stereocenters. The van der Waals surface area contributed by atoms with Crippen LogP contribution in [0.1, 0.15) is 0 Å². The van der Waals surface area contributed by atoms with Crippen LogP contribution in [0.2, 0.25) is 10.0 Å². The second kappa shape index (κ2) is 9.50. The monoisotopic (exact) mass is 432 g/mol. The molecule has 0 aromatic heterocycles. The molecule has 0 radical (unpaired) electrons. The van der Waals surface area contributed by atoms with Crippen molar-refractivity contribution in [3.63, 3.8) is 0 Å². The van der Waals surface area contributed by atoms with Gasteiger partial charge in [0.05, 0.1) is 17.0 Å². The highest BCUT2D eigenvalue weighted by atomic mass is 35.5. The second-order valence-corrected chi connectivity index (χ2v) is 9.30. The largest absolute Gasteiger partial charge is 0.354 e. The molecular weight excluding hydrogens is 415 g/mol. The van der Waals surface area contributed by atoms with Gasteiger partial charge in [-0.3, -0.25) is 9.10 Å². The van der Waals surface area contributed by atoms with E-state index in [1.165, 1.54) is 12.1 Å². The van der Waals surface area contributed by atoms with Crippen molar-refractivity contribution in [3.05, 3.63) is 58.6 Å². The zero-order valence-corrected chi connectivity index (χ0v) is 17.1. The highest BCUT2D eigenvalue weighted by molar-refractivity contribution is 7.99. The number of thioether (sulfide) groups is 1. The number of amides is 1. The minimum atomic E-state index is -3.70. The molecular formula is C17H18Cl2N2O3S2. The third kappa shape index (κ3) is 6.39. The summed E-state index contributed by atoms with van der Waals surface area (Å²) in [5.41, 5.74) is 0.176. The Morgan fingerprint density at radius 2 is 1.85 bits per heavy atom. The van der Waals surface area contributed by atoms with Crippen LogP contribution in [0.15, 0.2) is 53.4 Å². The van der Waals surface area contributed by atoms with E-state index < -0.39 is 15.9 Å². The molecule has 9 heteroatoms. The summed E-state index contributed by atoms with van der Waals surface area (Å²) in [5, 5.41) is 3.25. The predicted octanol–water partition coefficient (Wildman–Crippen LogP) is 3.67. The van der Waals surface area contributed by atoms with Gasteiger partial charge in [0, 0.05) is 22.2 Å². The topological polar surface area (TPSA) is 66.5 Å². The molecule has 0 unspecified atom stereocenters. The van der Waals surface area contributed by atoms with E-state index in [9.17, 15) is 13.2 Å². The SMILES string of the molecule is CS(=O)(=O)N(CC(=O)NCCSc1ccccc1)c1cc(Cl)ccc1Cl. The van der Waals surface area contributed by atoms with E-state index in [-0.39, 0.29) is 17.3 Å². The molecule has 0 aliphatic heterocycles. The fraction of sp³-hybridized carbons (Fsp3) is 0.235. The van der Waals surface area contributed by atoms with E-state index in [2.05, 4.69) is 5.32 Å². The van der Waals surface area contributed by atoms with Gasteiger partial charge in [0.25, 0.3) is 0 Å². The van der Waals surface area contributed by atoms with E-state index in [0.29, 0.717) is 17.3 Å². The number of nitrogens with zero attached hydrogens (tertiary/aromatic N) is 1. The number of hydrogen-bond acceptors (Lipinski definition) is 4. The Morgan fingerprint density at radius 1 is 1.15 bits per heavy atom. The molecule has 0 saturated carbocycles. The third-order valence-electron chi connectivity index (χ3n) is 3.30. The van der Waals surface area contributed by atoms with Gasteiger partial charge in [-0.15, -0.1) is 11.8 Å². The number of halogens is 2.